The minimum atomic E-state index is -0.227. The van der Waals surface area contributed by atoms with E-state index in [1.54, 1.807) is 30.5 Å². The third-order valence-corrected chi connectivity index (χ3v) is 6.38. The van der Waals surface area contributed by atoms with Gasteiger partial charge in [-0.05, 0) is 85.1 Å². The molecule has 4 aliphatic rings. The van der Waals surface area contributed by atoms with Gasteiger partial charge < -0.3 is 5.11 Å². The van der Waals surface area contributed by atoms with Crippen molar-refractivity contribution < 1.29 is 9.90 Å². The Balaban J connectivity index is 1.49. The van der Waals surface area contributed by atoms with Crippen LogP contribution >= 0.6 is 0 Å². The Labute approximate surface area is 143 Å². The van der Waals surface area contributed by atoms with Crippen LogP contribution in [0.5, 0.6) is 5.75 Å². The van der Waals surface area contributed by atoms with Crippen LogP contribution in [0.15, 0.2) is 29.4 Å². The molecule has 2 atom stereocenters. The van der Waals surface area contributed by atoms with E-state index in [0.29, 0.717) is 16.7 Å². The lowest BCUT2D eigenvalue weighted by molar-refractivity contribution is -0.170. The number of phenolic OH excluding ortho intramolecular Hbond substituents is 1. The van der Waals surface area contributed by atoms with Gasteiger partial charge in [0.1, 0.15) is 5.75 Å². The van der Waals surface area contributed by atoms with Crippen molar-refractivity contribution in [1.82, 2.24) is 5.43 Å². The lowest BCUT2D eigenvalue weighted by atomic mass is 9.40. The standard InChI is InChI=1S/C20H26N2O2/c1-18-7-15-8-19(2,11-18)13-20(9-15,12-18)17(24)22-21-10-14-3-5-16(23)6-4-14/h3-6,10,15,23H,7-9,11-13H2,1-2H3,(H,22,24)/b21-10+. The molecule has 0 aromatic heterocycles. The lowest BCUT2D eigenvalue weighted by Crippen LogP contribution is -2.59. The van der Waals surface area contributed by atoms with E-state index in [1.807, 2.05) is 0 Å². The summed E-state index contributed by atoms with van der Waals surface area (Å²) in [5.41, 5.74) is 4.09. The third-order valence-electron chi connectivity index (χ3n) is 6.38. The van der Waals surface area contributed by atoms with Gasteiger partial charge in [0.15, 0.2) is 0 Å². The van der Waals surface area contributed by atoms with E-state index in [1.165, 1.54) is 19.3 Å². The molecule has 0 radical (unpaired) electrons. The van der Waals surface area contributed by atoms with Crippen molar-refractivity contribution in [1.29, 1.82) is 0 Å². The van der Waals surface area contributed by atoms with Crippen molar-refractivity contribution in [3.8, 4) is 5.75 Å². The normalized spacial score (nSPS) is 40.2. The van der Waals surface area contributed by atoms with Crippen LogP contribution < -0.4 is 5.43 Å². The number of nitrogens with zero attached hydrogens (tertiary/aromatic N) is 1. The fraction of sp³-hybridized carbons (Fsp3) is 0.600. The van der Waals surface area contributed by atoms with E-state index in [0.717, 1.165) is 24.8 Å². The smallest absolute Gasteiger partial charge is 0.246 e. The lowest BCUT2D eigenvalue weighted by Gasteiger charge is -2.64. The molecule has 1 aromatic rings. The Kier molecular flexibility index (Phi) is 3.32. The zero-order valence-electron chi connectivity index (χ0n) is 14.5. The zero-order valence-corrected chi connectivity index (χ0v) is 14.5. The van der Waals surface area contributed by atoms with Crippen molar-refractivity contribution in [3.63, 3.8) is 0 Å². The van der Waals surface area contributed by atoms with Crippen LogP contribution in [0, 0.1) is 22.2 Å². The molecule has 4 fully saturated rings. The van der Waals surface area contributed by atoms with Gasteiger partial charge in [-0.25, -0.2) is 5.43 Å². The maximum atomic E-state index is 13.0. The highest BCUT2D eigenvalue weighted by Crippen LogP contribution is 2.69. The molecule has 2 unspecified atom stereocenters. The van der Waals surface area contributed by atoms with Crippen LogP contribution in [-0.2, 0) is 4.79 Å². The molecule has 4 saturated carbocycles. The number of aromatic hydroxyl groups is 1. The first kappa shape index (κ1) is 15.7. The van der Waals surface area contributed by atoms with Crippen LogP contribution in [0.4, 0.5) is 0 Å². The molecule has 128 valence electrons. The average Bonchev–Trinajstić information content (AvgIpc) is 2.45. The largest absolute Gasteiger partial charge is 0.508 e. The highest BCUT2D eigenvalue weighted by molar-refractivity contribution is 5.86. The van der Waals surface area contributed by atoms with Crippen LogP contribution in [0.3, 0.4) is 0 Å². The van der Waals surface area contributed by atoms with Crippen LogP contribution in [-0.4, -0.2) is 17.2 Å². The predicted molar refractivity (Wildman–Crippen MR) is 93.7 cm³/mol. The number of carbonyl (C=O) groups excluding carboxylic acids is 1. The minimum Gasteiger partial charge on any atom is -0.508 e. The topological polar surface area (TPSA) is 61.7 Å². The molecule has 4 heteroatoms. The van der Waals surface area contributed by atoms with E-state index in [4.69, 9.17) is 0 Å². The summed E-state index contributed by atoms with van der Waals surface area (Å²) in [4.78, 5) is 13.0. The molecule has 4 nitrogen and oxygen atoms in total. The summed E-state index contributed by atoms with van der Waals surface area (Å²) in [6.07, 6.45) is 8.52. The third kappa shape index (κ3) is 2.62. The van der Waals surface area contributed by atoms with Gasteiger partial charge in [0, 0.05) is 0 Å². The second-order valence-electron chi connectivity index (χ2n) is 9.20. The summed E-state index contributed by atoms with van der Waals surface area (Å²) in [5, 5.41) is 13.5. The van der Waals surface area contributed by atoms with Crippen molar-refractivity contribution in [2.75, 3.05) is 0 Å². The molecule has 0 saturated heterocycles. The number of carbonyl (C=O) groups is 1. The van der Waals surface area contributed by atoms with Crippen molar-refractivity contribution in [2.24, 2.45) is 27.3 Å². The number of hydrogen-bond acceptors (Lipinski definition) is 3. The second-order valence-corrected chi connectivity index (χ2v) is 9.20. The number of rotatable bonds is 3. The Morgan fingerprint density at radius 3 is 2.33 bits per heavy atom. The first-order chi connectivity index (χ1) is 11.3. The number of benzene rings is 1. The first-order valence-electron chi connectivity index (χ1n) is 8.93. The fourth-order valence-corrected chi connectivity index (χ4v) is 6.55. The van der Waals surface area contributed by atoms with Gasteiger partial charge in [-0.1, -0.05) is 13.8 Å². The molecular formula is C20H26N2O2. The van der Waals surface area contributed by atoms with Gasteiger partial charge >= 0.3 is 0 Å². The number of phenols is 1. The number of nitrogens with one attached hydrogen (secondary N) is 1. The molecule has 1 aromatic carbocycles. The fourth-order valence-electron chi connectivity index (χ4n) is 6.55. The second kappa shape index (κ2) is 5.08. The number of hydrazone groups is 1. The van der Waals surface area contributed by atoms with Gasteiger partial charge in [0.05, 0.1) is 11.6 Å². The first-order valence-corrected chi connectivity index (χ1v) is 8.93. The maximum absolute atomic E-state index is 13.0. The molecule has 0 heterocycles. The molecule has 2 N–H and O–H groups in total. The zero-order chi connectivity index (χ0) is 17.0. The van der Waals surface area contributed by atoms with Gasteiger partial charge in [-0.15, -0.1) is 0 Å². The van der Waals surface area contributed by atoms with E-state index in [9.17, 15) is 9.90 Å². The summed E-state index contributed by atoms with van der Waals surface area (Å²) in [6, 6.07) is 6.78. The van der Waals surface area contributed by atoms with E-state index in [-0.39, 0.29) is 17.1 Å². The molecule has 4 bridgehead atoms. The van der Waals surface area contributed by atoms with Crippen molar-refractivity contribution >= 4 is 12.1 Å². The summed E-state index contributed by atoms with van der Waals surface area (Å²) >= 11 is 0. The average molecular weight is 326 g/mol. The van der Waals surface area contributed by atoms with Crippen LogP contribution in [0.2, 0.25) is 0 Å². The maximum Gasteiger partial charge on any atom is 0.246 e. The Morgan fingerprint density at radius 2 is 1.75 bits per heavy atom. The van der Waals surface area contributed by atoms with E-state index in [2.05, 4.69) is 24.4 Å². The Morgan fingerprint density at radius 1 is 1.12 bits per heavy atom. The SMILES string of the molecule is CC12CC3CC(C)(C1)CC(C(=O)N/N=C/c1ccc(O)cc1)(C3)C2. The Bertz CT molecular complexity index is 676. The minimum absolute atomic E-state index is 0.0964. The van der Waals surface area contributed by atoms with Gasteiger partial charge in [-0.2, -0.15) is 5.10 Å². The van der Waals surface area contributed by atoms with Crippen LogP contribution in [0.25, 0.3) is 0 Å². The number of hydrogen-bond donors (Lipinski definition) is 2. The van der Waals surface area contributed by atoms with E-state index < -0.39 is 0 Å². The quantitative estimate of drug-likeness (QED) is 0.655. The number of amides is 1. The molecule has 0 spiro atoms. The monoisotopic (exact) mass is 326 g/mol. The summed E-state index contributed by atoms with van der Waals surface area (Å²) in [7, 11) is 0. The van der Waals surface area contributed by atoms with E-state index >= 15 is 0 Å². The molecule has 1 amide bonds. The molecular weight excluding hydrogens is 300 g/mol. The summed E-state index contributed by atoms with van der Waals surface area (Å²) in [6.45, 7) is 4.74. The molecule has 4 aliphatic carbocycles. The van der Waals surface area contributed by atoms with Gasteiger partial charge in [-0.3, -0.25) is 4.79 Å². The summed E-state index contributed by atoms with van der Waals surface area (Å²) in [5.74, 6) is 1.02. The van der Waals surface area contributed by atoms with Crippen molar-refractivity contribution in [3.05, 3.63) is 29.8 Å². The van der Waals surface area contributed by atoms with Crippen molar-refractivity contribution in [2.45, 2.75) is 52.4 Å². The van der Waals surface area contributed by atoms with Crippen LogP contribution in [0.1, 0.15) is 57.9 Å². The van der Waals surface area contributed by atoms with Gasteiger partial charge in [0.2, 0.25) is 5.91 Å². The van der Waals surface area contributed by atoms with Gasteiger partial charge in [0.25, 0.3) is 0 Å². The highest BCUT2D eigenvalue weighted by atomic mass is 16.3. The Hall–Kier alpha value is -1.84. The summed E-state index contributed by atoms with van der Waals surface area (Å²) < 4.78 is 0. The predicted octanol–water partition coefficient (Wildman–Crippen LogP) is 3.84. The molecule has 0 aliphatic heterocycles. The molecule has 5 rings (SSSR count). The molecule has 24 heavy (non-hydrogen) atoms. The highest BCUT2D eigenvalue weighted by Gasteiger charge is 2.62.